The summed E-state index contributed by atoms with van der Waals surface area (Å²) >= 11 is 0. The van der Waals surface area contributed by atoms with Crippen LogP contribution in [0.4, 0.5) is 0 Å². The number of likely N-dealkylation sites (tertiary alicyclic amines) is 1. The van der Waals surface area contributed by atoms with E-state index in [4.69, 9.17) is 9.47 Å². The van der Waals surface area contributed by atoms with Crippen molar-refractivity contribution >= 4 is 5.91 Å². The molecular formula is C21H24N2O3. The van der Waals surface area contributed by atoms with Crippen molar-refractivity contribution < 1.29 is 14.3 Å². The number of nitrogens with zero attached hydrogens (tertiary/aromatic N) is 2. The topological polar surface area (TPSA) is 51.7 Å². The van der Waals surface area contributed by atoms with Crippen molar-refractivity contribution in [3.8, 4) is 11.5 Å². The summed E-state index contributed by atoms with van der Waals surface area (Å²) in [5.41, 5.74) is 2.78. The minimum absolute atomic E-state index is 0.115. The zero-order valence-corrected chi connectivity index (χ0v) is 15.1. The first-order valence-electron chi connectivity index (χ1n) is 9.28. The van der Waals surface area contributed by atoms with Crippen molar-refractivity contribution in [1.82, 2.24) is 9.88 Å². The molecule has 0 aliphatic carbocycles. The molecule has 0 bridgehead atoms. The van der Waals surface area contributed by atoms with Crippen LogP contribution in [-0.2, 0) is 12.8 Å². The molecule has 1 saturated heterocycles. The van der Waals surface area contributed by atoms with E-state index in [0.29, 0.717) is 12.5 Å². The number of amides is 1. The van der Waals surface area contributed by atoms with Gasteiger partial charge in [-0.3, -0.25) is 9.78 Å². The highest BCUT2D eigenvalue weighted by Crippen LogP contribution is 2.36. The number of rotatable bonds is 4. The molecule has 0 saturated carbocycles. The summed E-state index contributed by atoms with van der Waals surface area (Å²) in [4.78, 5) is 19.3. The fourth-order valence-electron chi connectivity index (χ4n) is 3.91. The molecule has 0 N–H and O–H groups in total. The number of aromatic nitrogens is 1. The standard InChI is InChI=1S/C21H24N2O3/c1-25-19-8-4-6-16-12-15(14-26-20(16)19)13-18-17(7-5-9-22-18)21(24)23-10-2-3-11-23/h4-9,15H,2-3,10-14H2,1H3/t15-/m1/s1. The number of carbonyl (C=O) groups is 1. The zero-order chi connectivity index (χ0) is 17.9. The van der Waals surface area contributed by atoms with E-state index in [2.05, 4.69) is 11.1 Å². The third-order valence-corrected chi connectivity index (χ3v) is 5.25. The van der Waals surface area contributed by atoms with E-state index in [1.165, 1.54) is 0 Å². The van der Waals surface area contributed by atoms with Crippen molar-refractivity contribution in [3.05, 3.63) is 53.3 Å². The first kappa shape index (κ1) is 16.9. The molecule has 1 aromatic heterocycles. The lowest BCUT2D eigenvalue weighted by Gasteiger charge is -2.27. The molecule has 1 fully saturated rings. The van der Waals surface area contributed by atoms with Crippen LogP contribution < -0.4 is 9.47 Å². The summed E-state index contributed by atoms with van der Waals surface area (Å²) in [6.07, 6.45) is 5.61. The second-order valence-electron chi connectivity index (χ2n) is 7.03. The number of para-hydroxylation sites is 1. The molecule has 0 spiro atoms. The van der Waals surface area contributed by atoms with Gasteiger partial charge in [-0.05, 0) is 49.4 Å². The molecule has 2 aromatic rings. The Labute approximate surface area is 153 Å². The van der Waals surface area contributed by atoms with Gasteiger partial charge in [0.1, 0.15) is 0 Å². The number of methoxy groups -OCH3 is 1. The molecule has 136 valence electrons. The van der Waals surface area contributed by atoms with E-state index in [0.717, 1.165) is 67.1 Å². The van der Waals surface area contributed by atoms with Crippen molar-refractivity contribution in [2.24, 2.45) is 5.92 Å². The van der Waals surface area contributed by atoms with Crippen LogP contribution in [0, 0.1) is 5.92 Å². The molecule has 5 nitrogen and oxygen atoms in total. The van der Waals surface area contributed by atoms with Crippen molar-refractivity contribution in [1.29, 1.82) is 0 Å². The molecular weight excluding hydrogens is 328 g/mol. The molecule has 2 aliphatic rings. The van der Waals surface area contributed by atoms with Crippen molar-refractivity contribution in [2.45, 2.75) is 25.7 Å². The second kappa shape index (κ2) is 7.36. The number of hydrogen-bond acceptors (Lipinski definition) is 4. The Kier molecular flexibility index (Phi) is 4.78. The van der Waals surface area contributed by atoms with E-state index in [1.54, 1.807) is 13.3 Å². The minimum atomic E-state index is 0.115. The number of fused-ring (bicyclic) bond motifs is 1. The number of benzene rings is 1. The highest BCUT2D eigenvalue weighted by molar-refractivity contribution is 5.95. The van der Waals surface area contributed by atoms with Crippen LogP contribution in [0.5, 0.6) is 11.5 Å². The van der Waals surface area contributed by atoms with E-state index >= 15 is 0 Å². The average molecular weight is 352 g/mol. The largest absolute Gasteiger partial charge is 0.493 e. The van der Waals surface area contributed by atoms with Gasteiger partial charge in [0.2, 0.25) is 0 Å². The number of ether oxygens (including phenoxy) is 2. The fourth-order valence-corrected chi connectivity index (χ4v) is 3.91. The number of carbonyl (C=O) groups excluding carboxylic acids is 1. The van der Waals surface area contributed by atoms with Crippen LogP contribution in [-0.4, -0.2) is 42.6 Å². The van der Waals surface area contributed by atoms with Crippen LogP contribution in [0.2, 0.25) is 0 Å². The number of hydrogen-bond donors (Lipinski definition) is 0. The van der Waals surface area contributed by atoms with Crippen LogP contribution in [0.1, 0.15) is 34.5 Å². The third-order valence-electron chi connectivity index (χ3n) is 5.25. The maximum Gasteiger partial charge on any atom is 0.255 e. The maximum atomic E-state index is 12.8. The van der Waals surface area contributed by atoms with Gasteiger partial charge in [-0.25, -0.2) is 0 Å². The van der Waals surface area contributed by atoms with Crippen LogP contribution in [0.25, 0.3) is 0 Å². The molecule has 1 atom stereocenters. The number of pyridine rings is 1. The summed E-state index contributed by atoms with van der Waals surface area (Å²) in [7, 11) is 1.66. The molecule has 5 heteroatoms. The molecule has 0 unspecified atom stereocenters. The molecule has 2 aliphatic heterocycles. The predicted molar refractivity (Wildman–Crippen MR) is 98.8 cm³/mol. The van der Waals surface area contributed by atoms with Gasteiger partial charge in [-0.1, -0.05) is 12.1 Å². The Balaban J connectivity index is 1.52. The quantitative estimate of drug-likeness (QED) is 0.848. The Morgan fingerprint density at radius 2 is 2.12 bits per heavy atom. The molecule has 1 aromatic carbocycles. The summed E-state index contributed by atoms with van der Waals surface area (Å²) in [6, 6.07) is 9.75. The van der Waals surface area contributed by atoms with E-state index in [-0.39, 0.29) is 5.91 Å². The third kappa shape index (κ3) is 3.26. The Hall–Kier alpha value is -2.56. The first-order valence-corrected chi connectivity index (χ1v) is 9.28. The Morgan fingerprint density at radius 1 is 1.27 bits per heavy atom. The van der Waals surface area contributed by atoms with E-state index < -0.39 is 0 Å². The van der Waals surface area contributed by atoms with Gasteiger partial charge < -0.3 is 14.4 Å². The highest BCUT2D eigenvalue weighted by atomic mass is 16.5. The Bertz CT molecular complexity index is 800. The van der Waals surface area contributed by atoms with Crippen LogP contribution >= 0.6 is 0 Å². The van der Waals surface area contributed by atoms with Gasteiger partial charge in [0.05, 0.1) is 25.0 Å². The van der Waals surface area contributed by atoms with Gasteiger partial charge in [0, 0.05) is 25.2 Å². The Morgan fingerprint density at radius 3 is 2.92 bits per heavy atom. The highest BCUT2D eigenvalue weighted by Gasteiger charge is 2.27. The van der Waals surface area contributed by atoms with Gasteiger partial charge in [-0.2, -0.15) is 0 Å². The SMILES string of the molecule is COc1cccc2c1OC[C@@H](Cc1ncccc1C(=O)N1CCCC1)C2. The van der Waals surface area contributed by atoms with Crippen LogP contribution in [0.3, 0.4) is 0 Å². The lowest BCUT2D eigenvalue weighted by atomic mass is 9.91. The minimum Gasteiger partial charge on any atom is -0.493 e. The monoisotopic (exact) mass is 352 g/mol. The molecule has 1 amide bonds. The fraction of sp³-hybridized carbons (Fsp3) is 0.429. The van der Waals surface area contributed by atoms with Gasteiger partial charge in [-0.15, -0.1) is 0 Å². The van der Waals surface area contributed by atoms with Crippen LogP contribution in [0.15, 0.2) is 36.5 Å². The van der Waals surface area contributed by atoms with Crippen molar-refractivity contribution in [2.75, 3.05) is 26.8 Å². The second-order valence-corrected chi connectivity index (χ2v) is 7.03. The summed E-state index contributed by atoms with van der Waals surface area (Å²) < 4.78 is 11.4. The van der Waals surface area contributed by atoms with Gasteiger partial charge in [0.25, 0.3) is 5.91 Å². The zero-order valence-electron chi connectivity index (χ0n) is 15.1. The van der Waals surface area contributed by atoms with E-state index in [9.17, 15) is 4.79 Å². The smallest absolute Gasteiger partial charge is 0.255 e. The summed E-state index contributed by atoms with van der Waals surface area (Å²) in [5, 5.41) is 0. The lowest BCUT2D eigenvalue weighted by Crippen LogP contribution is -2.30. The molecule has 4 rings (SSSR count). The molecule has 0 radical (unpaired) electrons. The predicted octanol–water partition coefficient (Wildman–Crippen LogP) is 3.12. The molecule has 26 heavy (non-hydrogen) atoms. The lowest BCUT2D eigenvalue weighted by molar-refractivity contribution is 0.0790. The van der Waals surface area contributed by atoms with Gasteiger partial charge >= 0.3 is 0 Å². The first-order chi connectivity index (χ1) is 12.8. The van der Waals surface area contributed by atoms with E-state index in [1.807, 2.05) is 29.2 Å². The normalized spacial score (nSPS) is 19.0. The summed E-state index contributed by atoms with van der Waals surface area (Å²) in [6.45, 7) is 2.32. The maximum absolute atomic E-state index is 12.8. The van der Waals surface area contributed by atoms with Gasteiger partial charge in [0.15, 0.2) is 11.5 Å². The van der Waals surface area contributed by atoms with Crippen molar-refractivity contribution in [3.63, 3.8) is 0 Å². The summed E-state index contributed by atoms with van der Waals surface area (Å²) in [5.74, 6) is 2.04. The molecule has 3 heterocycles. The average Bonchev–Trinajstić information content (AvgIpc) is 3.22.